The molecule has 0 aromatic heterocycles. The van der Waals surface area contributed by atoms with Crippen molar-refractivity contribution in [3.63, 3.8) is 0 Å². The zero-order chi connectivity index (χ0) is 16.2. The molecule has 0 atom stereocenters. The van der Waals surface area contributed by atoms with Gasteiger partial charge in [0, 0.05) is 25.7 Å². The molecule has 1 aromatic rings. The Morgan fingerprint density at radius 2 is 2.00 bits per heavy atom. The number of nitrogens with one attached hydrogen (secondary N) is 1. The summed E-state index contributed by atoms with van der Waals surface area (Å²) in [5.41, 5.74) is 0. The van der Waals surface area contributed by atoms with E-state index < -0.39 is 0 Å². The molecule has 4 nitrogen and oxygen atoms in total. The highest BCUT2D eigenvalue weighted by Gasteiger charge is 2.05. The second-order valence-electron chi connectivity index (χ2n) is 4.90. The number of unbranched alkanes of at least 4 members (excludes halogenated alkanes) is 1. The standard InChI is InChI=1S/C16H26ClN3OS.HI/c1-18-16(19-10-4-5-13-22-3)20(2)11-12-21-15-8-6-14(17)7-9-15;/h6-9H,4-5,10-13H2,1-3H3,(H,18,19);1H. The zero-order valence-corrected chi connectivity index (χ0v) is 18.0. The Bertz CT molecular complexity index is 445. The number of guanidine groups is 1. The summed E-state index contributed by atoms with van der Waals surface area (Å²) in [6, 6.07) is 7.41. The van der Waals surface area contributed by atoms with E-state index in [0.29, 0.717) is 6.61 Å². The maximum absolute atomic E-state index is 5.85. The predicted molar refractivity (Wildman–Crippen MR) is 114 cm³/mol. The molecule has 0 bridgehead atoms. The van der Waals surface area contributed by atoms with Gasteiger partial charge < -0.3 is 15.0 Å². The van der Waals surface area contributed by atoms with Crippen LogP contribution in [0.1, 0.15) is 12.8 Å². The van der Waals surface area contributed by atoms with Crippen LogP contribution in [0.15, 0.2) is 29.3 Å². The van der Waals surface area contributed by atoms with Crippen LogP contribution in [0.2, 0.25) is 5.02 Å². The van der Waals surface area contributed by atoms with Crippen LogP contribution < -0.4 is 10.1 Å². The molecular formula is C16H27ClIN3OS. The van der Waals surface area contributed by atoms with Crippen LogP contribution in [-0.2, 0) is 0 Å². The molecule has 0 spiro atoms. The molecule has 0 aliphatic heterocycles. The quantitative estimate of drug-likeness (QED) is 0.256. The van der Waals surface area contributed by atoms with Crippen molar-refractivity contribution in [3.05, 3.63) is 29.3 Å². The SMILES string of the molecule is CN=C(NCCCCSC)N(C)CCOc1ccc(Cl)cc1.I. The van der Waals surface area contributed by atoms with Crippen LogP contribution >= 0.6 is 47.3 Å². The lowest BCUT2D eigenvalue weighted by Crippen LogP contribution is -2.41. The van der Waals surface area contributed by atoms with Crippen molar-refractivity contribution in [3.8, 4) is 5.75 Å². The van der Waals surface area contributed by atoms with E-state index in [4.69, 9.17) is 16.3 Å². The van der Waals surface area contributed by atoms with E-state index in [1.807, 2.05) is 43.1 Å². The largest absolute Gasteiger partial charge is 0.492 e. The molecule has 0 heterocycles. The molecule has 0 saturated heterocycles. The predicted octanol–water partition coefficient (Wildman–Crippen LogP) is 3.99. The zero-order valence-electron chi connectivity index (χ0n) is 14.0. The van der Waals surface area contributed by atoms with Gasteiger partial charge in [-0.2, -0.15) is 11.8 Å². The molecule has 0 saturated carbocycles. The average Bonchev–Trinajstić information content (AvgIpc) is 2.52. The fraction of sp³-hybridized carbons (Fsp3) is 0.562. The number of hydrogen-bond donors (Lipinski definition) is 1. The van der Waals surface area contributed by atoms with E-state index >= 15 is 0 Å². The third kappa shape index (κ3) is 10.2. The lowest BCUT2D eigenvalue weighted by atomic mass is 10.3. The summed E-state index contributed by atoms with van der Waals surface area (Å²) < 4.78 is 5.70. The highest BCUT2D eigenvalue weighted by Crippen LogP contribution is 2.15. The van der Waals surface area contributed by atoms with Crippen molar-refractivity contribution < 1.29 is 4.74 Å². The van der Waals surface area contributed by atoms with Crippen molar-refractivity contribution in [2.75, 3.05) is 45.8 Å². The molecule has 1 rings (SSSR count). The Kier molecular flexibility index (Phi) is 13.8. The Hall–Kier alpha value is -0.340. The van der Waals surface area contributed by atoms with E-state index in [0.717, 1.165) is 36.2 Å². The van der Waals surface area contributed by atoms with Crippen molar-refractivity contribution in [1.29, 1.82) is 0 Å². The molecular weight excluding hydrogens is 445 g/mol. The summed E-state index contributed by atoms with van der Waals surface area (Å²) >= 11 is 7.74. The molecule has 23 heavy (non-hydrogen) atoms. The molecule has 0 radical (unpaired) electrons. The number of hydrogen-bond acceptors (Lipinski definition) is 3. The number of rotatable bonds is 9. The lowest BCUT2D eigenvalue weighted by molar-refractivity contribution is 0.281. The third-order valence-electron chi connectivity index (χ3n) is 3.14. The van der Waals surface area contributed by atoms with Gasteiger partial charge in [-0.3, -0.25) is 4.99 Å². The Morgan fingerprint density at radius 1 is 1.30 bits per heavy atom. The average molecular weight is 472 g/mol. The Morgan fingerprint density at radius 3 is 2.61 bits per heavy atom. The number of nitrogens with zero attached hydrogens (tertiary/aromatic N) is 2. The summed E-state index contributed by atoms with van der Waals surface area (Å²) in [5.74, 6) is 2.95. The summed E-state index contributed by atoms with van der Waals surface area (Å²) in [4.78, 5) is 6.37. The van der Waals surface area contributed by atoms with Gasteiger partial charge in [0.25, 0.3) is 0 Å². The second kappa shape index (κ2) is 14.0. The van der Waals surface area contributed by atoms with Crippen molar-refractivity contribution in [2.24, 2.45) is 4.99 Å². The minimum absolute atomic E-state index is 0. The topological polar surface area (TPSA) is 36.9 Å². The van der Waals surface area contributed by atoms with Gasteiger partial charge in [0.05, 0.1) is 6.54 Å². The van der Waals surface area contributed by atoms with Crippen molar-refractivity contribution in [2.45, 2.75) is 12.8 Å². The molecule has 1 N–H and O–H groups in total. The summed E-state index contributed by atoms with van der Waals surface area (Å²) in [6.45, 7) is 2.33. The monoisotopic (exact) mass is 471 g/mol. The number of aliphatic imine (C=N–C) groups is 1. The molecule has 0 aliphatic rings. The maximum atomic E-state index is 5.85. The number of ether oxygens (including phenoxy) is 1. The molecule has 1 aromatic carbocycles. The van der Waals surface area contributed by atoms with Crippen molar-refractivity contribution >= 4 is 53.3 Å². The van der Waals surface area contributed by atoms with Crippen LogP contribution in [0.4, 0.5) is 0 Å². The summed E-state index contributed by atoms with van der Waals surface area (Å²) in [6.07, 6.45) is 4.53. The van der Waals surface area contributed by atoms with E-state index in [9.17, 15) is 0 Å². The van der Waals surface area contributed by atoms with Gasteiger partial charge in [-0.05, 0) is 49.1 Å². The van der Waals surface area contributed by atoms with Crippen LogP contribution in [0.5, 0.6) is 5.75 Å². The van der Waals surface area contributed by atoms with Gasteiger partial charge in [-0.15, -0.1) is 24.0 Å². The fourth-order valence-corrected chi connectivity index (χ4v) is 2.51. The Balaban J connectivity index is 0.00000484. The lowest BCUT2D eigenvalue weighted by Gasteiger charge is -2.22. The number of benzene rings is 1. The first kappa shape index (κ1) is 22.7. The highest BCUT2D eigenvalue weighted by atomic mass is 127. The summed E-state index contributed by atoms with van der Waals surface area (Å²) in [7, 11) is 3.82. The Labute approximate surface area is 166 Å². The van der Waals surface area contributed by atoms with E-state index in [-0.39, 0.29) is 24.0 Å². The number of thioether (sulfide) groups is 1. The van der Waals surface area contributed by atoms with Crippen LogP contribution in [0, 0.1) is 0 Å². The molecule has 0 amide bonds. The van der Waals surface area contributed by atoms with E-state index in [2.05, 4.69) is 21.5 Å². The number of halogens is 2. The first-order chi connectivity index (χ1) is 10.7. The summed E-state index contributed by atoms with van der Waals surface area (Å²) in [5, 5.41) is 4.10. The van der Waals surface area contributed by atoms with Crippen molar-refractivity contribution in [1.82, 2.24) is 10.2 Å². The normalized spacial score (nSPS) is 10.9. The van der Waals surface area contributed by atoms with Gasteiger partial charge in [0.1, 0.15) is 12.4 Å². The second-order valence-corrected chi connectivity index (χ2v) is 6.32. The number of likely N-dealkylation sites (N-methyl/N-ethyl adjacent to an activating group) is 1. The van der Waals surface area contributed by atoms with Gasteiger partial charge in [0.2, 0.25) is 0 Å². The fourth-order valence-electron chi connectivity index (χ4n) is 1.89. The minimum atomic E-state index is 0. The van der Waals surface area contributed by atoms with Crippen LogP contribution in [-0.4, -0.2) is 56.7 Å². The van der Waals surface area contributed by atoms with Crippen LogP contribution in [0.25, 0.3) is 0 Å². The van der Waals surface area contributed by atoms with E-state index in [1.165, 1.54) is 12.2 Å². The first-order valence-electron chi connectivity index (χ1n) is 7.46. The minimum Gasteiger partial charge on any atom is -0.492 e. The third-order valence-corrected chi connectivity index (χ3v) is 4.09. The smallest absolute Gasteiger partial charge is 0.193 e. The first-order valence-corrected chi connectivity index (χ1v) is 9.23. The van der Waals surface area contributed by atoms with Gasteiger partial charge in [0.15, 0.2) is 5.96 Å². The van der Waals surface area contributed by atoms with Gasteiger partial charge in [-0.1, -0.05) is 11.6 Å². The van der Waals surface area contributed by atoms with Gasteiger partial charge >= 0.3 is 0 Å². The molecule has 0 unspecified atom stereocenters. The molecule has 0 fully saturated rings. The van der Waals surface area contributed by atoms with Crippen LogP contribution in [0.3, 0.4) is 0 Å². The maximum Gasteiger partial charge on any atom is 0.193 e. The highest BCUT2D eigenvalue weighted by molar-refractivity contribution is 14.0. The van der Waals surface area contributed by atoms with E-state index in [1.54, 1.807) is 7.05 Å². The molecule has 7 heteroatoms. The molecule has 0 aliphatic carbocycles. The van der Waals surface area contributed by atoms with Gasteiger partial charge in [-0.25, -0.2) is 0 Å². The molecule has 132 valence electrons.